The predicted octanol–water partition coefficient (Wildman–Crippen LogP) is 12.0. The van der Waals surface area contributed by atoms with E-state index in [0.29, 0.717) is 17.5 Å². The number of hydrogen-bond donors (Lipinski definition) is 0. The van der Waals surface area contributed by atoms with E-state index in [-0.39, 0.29) is 0 Å². The summed E-state index contributed by atoms with van der Waals surface area (Å²) in [7, 11) is 0. The number of hydrogen-bond acceptors (Lipinski definition) is 4. The molecule has 0 unspecified atom stereocenters. The van der Waals surface area contributed by atoms with Crippen LogP contribution in [0.5, 0.6) is 0 Å². The van der Waals surface area contributed by atoms with Crippen molar-refractivity contribution in [2.45, 2.75) is 6.42 Å². The van der Waals surface area contributed by atoms with E-state index >= 15 is 0 Å². The number of nitrogens with zero attached hydrogens (tertiary/aromatic N) is 4. The van der Waals surface area contributed by atoms with Gasteiger partial charge in [0.05, 0.1) is 5.69 Å². The van der Waals surface area contributed by atoms with Crippen LogP contribution in [-0.4, -0.2) is 19.9 Å². The molecule has 0 radical (unpaired) electrons. The smallest absolute Gasteiger partial charge is 0.164 e. The molecule has 9 aromatic rings. The highest BCUT2D eigenvalue weighted by Gasteiger charge is 2.26. The summed E-state index contributed by atoms with van der Waals surface area (Å²) >= 11 is 0. The van der Waals surface area contributed by atoms with Gasteiger partial charge in [0.25, 0.3) is 0 Å². The number of aromatic nitrogens is 4. The minimum atomic E-state index is 0.646. The van der Waals surface area contributed by atoms with Crippen molar-refractivity contribution < 1.29 is 0 Å². The van der Waals surface area contributed by atoms with Crippen molar-refractivity contribution in [3.05, 3.63) is 193 Å². The summed E-state index contributed by atoms with van der Waals surface area (Å²) in [5, 5.41) is 2.57. The molecule has 53 heavy (non-hydrogen) atoms. The maximum atomic E-state index is 4.93. The second-order valence-electron chi connectivity index (χ2n) is 13.4. The van der Waals surface area contributed by atoms with E-state index in [0.717, 1.165) is 39.9 Å². The summed E-state index contributed by atoms with van der Waals surface area (Å²) in [5.74, 6) is 1.96. The molecule has 2 aromatic heterocycles. The molecular weight excluding hydrogens is 645 g/mol. The van der Waals surface area contributed by atoms with Gasteiger partial charge in [-0.05, 0) is 86.0 Å². The van der Waals surface area contributed by atoms with E-state index in [9.17, 15) is 0 Å². The Labute approximate surface area is 308 Å². The second kappa shape index (κ2) is 12.9. The third kappa shape index (κ3) is 5.58. The van der Waals surface area contributed by atoms with E-state index < -0.39 is 0 Å². The molecule has 0 N–H and O–H groups in total. The zero-order valence-corrected chi connectivity index (χ0v) is 28.8. The maximum absolute atomic E-state index is 4.93. The summed E-state index contributed by atoms with van der Waals surface area (Å²) < 4.78 is 0. The Hall–Kier alpha value is -7.04. The Kier molecular flexibility index (Phi) is 7.51. The molecule has 10 rings (SSSR count). The fourth-order valence-corrected chi connectivity index (χ4v) is 7.69. The number of fused-ring (bicyclic) bond motifs is 5. The fourth-order valence-electron chi connectivity index (χ4n) is 7.69. The Morgan fingerprint density at radius 1 is 0.358 bits per heavy atom. The van der Waals surface area contributed by atoms with Crippen LogP contribution in [0.25, 0.3) is 89.6 Å². The Balaban J connectivity index is 1.05. The van der Waals surface area contributed by atoms with Crippen LogP contribution in [0.2, 0.25) is 0 Å². The van der Waals surface area contributed by atoms with Crippen molar-refractivity contribution in [2.75, 3.05) is 0 Å². The lowest BCUT2D eigenvalue weighted by Crippen LogP contribution is -2.00. The third-order valence-electron chi connectivity index (χ3n) is 10.2. The number of rotatable bonds is 6. The lowest BCUT2D eigenvalue weighted by Gasteiger charge is -2.15. The Morgan fingerprint density at radius 3 is 1.60 bits per heavy atom. The standard InChI is InChI=1S/C49H32N4/c1-3-13-33(14-4-1)47-51-48(34-15-5-2-6-16-34)53-49(52-47)35-26-24-32(25-27-35)36-17-11-18-37(29-36)42-31-44-43(40-21-8-7-20-39(40)42)30-38-19-12-22-41(46(38)44)45-23-9-10-28-50-45/h1-29,31H,30H2. The molecule has 0 spiro atoms. The lowest BCUT2D eigenvalue weighted by atomic mass is 9.89. The first-order chi connectivity index (χ1) is 26.3. The molecule has 0 fully saturated rings. The van der Waals surface area contributed by atoms with Gasteiger partial charge in [-0.1, -0.05) is 152 Å². The van der Waals surface area contributed by atoms with Crippen molar-refractivity contribution in [1.29, 1.82) is 0 Å². The Bertz CT molecular complexity index is 2720. The number of benzene rings is 7. The van der Waals surface area contributed by atoms with Crippen LogP contribution in [0.1, 0.15) is 11.1 Å². The maximum Gasteiger partial charge on any atom is 0.164 e. The van der Waals surface area contributed by atoms with Gasteiger partial charge in [-0.2, -0.15) is 0 Å². The summed E-state index contributed by atoms with van der Waals surface area (Å²) in [6.45, 7) is 0. The fraction of sp³-hybridized carbons (Fsp3) is 0.0204. The normalized spacial score (nSPS) is 11.7. The average Bonchev–Trinajstić information content (AvgIpc) is 3.63. The zero-order valence-electron chi connectivity index (χ0n) is 28.8. The van der Waals surface area contributed by atoms with Gasteiger partial charge in [-0.25, -0.2) is 15.0 Å². The van der Waals surface area contributed by atoms with E-state index in [4.69, 9.17) is 19.9 Å². The molecule has 2 heterocycles. The van der Waals surface area contributed by atoms with Crippen molar-refractivity contribution in [1.82, 2.24) is 19.9 Å². The first-order valence-electron chi connectivity index (χ1n) is 17.9. The largest absolute Gasteiger partial charge is 0.256 e. The molecule has 0 saturated heterocycles. The van der Waals surface area contributed by atoms with E-state index in [2.05, 4.69) is 109 Å². The van der Waals surface area contributed by atoms with Crippen LogP contribution in [0.4, 0.5) is 0 Å². The van der Waals surface area contributed by atoms with Crippen molar-refractivity contribution in [3.8, 4) is 78.8 Å². The van der Waals surface area contributed by atoms with Gasteiger partial charge in [0, 0.05) is 28.5 Å². The van der Waals surface area contributed by atoms with Crippen LogP contribution in [-0.2, 0) is 6.42 Å². The van der Waals surface area contributed by atoms with E-state index in [1.54, 1.807) is 0 Å². The van der Waals surface area contributed by atoms with Crippen molar-refractivity contribution >= 4 is 10.8 Å². The van der Waals surface area contributed by atoms with Crippen molar-refractivity contribution in [2.24, 2.45) is 0 Å². The van der Waals surface area contributed by atoms with Crippen LogP contribution in [0.3, 0.4) is 0 Å². The van der Waals surface area contributed by atoms with Gasteiger partial charge in [0.2, 0.25) is 0 Å². The monoisotopic (exact) mass is 676 g/mol. The molecular formula is C49H32N4. The summed E-state index contributed by atoms with van der Waals surface area (Å²) in [6, 6.07) is 61.7. The van der Waals surface area contributed by atoms with Gasteiger partial charge in [-0.15, -0.1) is 0 Å². The van der Waals surface area contributed by atoms with Gasteiger partial charge >= 0.3 is 0 Å². The highest BCUT2D eigenvalue weighted by molar-refractivity contribution is 6.06. The molecule has 0 saturated carbocycles. The lowest BCUT2D eigenvalue weighted by molar-refractivity contribution is 1.07. The Morgan fingerprint density at radius 2 is 0.925 bits per heavy atom. The zero-order chi connectivity index (χ0) is 35.1. The van der Waals surface area contributed by atoms with E-state index in [1.807, 2.05) is 72.9 Å². The predicted molar refractivity (Wildman–Crippen MR) is 216 cm³/mol. The molecule has 1 aliphatic carbocycles. The first-order valence-corrected chi connectivity index (χ1v) is 17.9. The first kappa shape index (κ1) is 30.8. The van der Waals surface area contributed by atoms with Gasteiger partial charge < -0.3 is 0 Å². The molecule has 0 bridgehead atoms. The minimum Gasteiger partial charge on any atom is -0.256 e. The molecule has 248 valence electrons. The van der Waals surface area contributed by atoms with Crippen LogP contribution >= 0.6 is 0 Å². The topological polar surface area (TPSA) is 51.6 Å². The highest BCUT2D eigenvalue weighted by atomic mass is 15.0. The third-order valence-corrected chi connectivity index (χ3v) is 10.2. The number of pyridine rings is 1. The van der Waals surface area contributed by atoms with E-state index in [1.165, 1.54) is 49.7 Å². The summed E-state index contributed by atoms with van der Waals surface area (Å²) in [5.41, 5.74) is 15.1. The van der Waals surface area contributed by atoms with Crippen LogP contribution in [0, 0.1) is 0 Å². The molecule has 0 aliphatic heterocycles. The quantitative estimate of drug-likeness (QED) is 0.176. The average molecular weight is 677 g/mol. The molecule has 0 atom stereocenters. The molecule has 0 amide bonds. The SMILES string of the molecule is c1ccc(-c2nc(-c3ccccc3)nc(-c3ccc(-c4cccc(-c5cc6c(c7ccccc57)Cc5cccc(-c7ccccn7)c5-6)c4)cc3)n2)cc1. The van der Waals surface area contributed by atoms with Crippen LogP contribution < -0.4 is 0 Å². The van der Waals surface area contributed by atoms with Gasteiger partial charge in [-0.3, -0.25) is 4.98 Å². The summed E-state index contributed by atoms with van der Waals surface area (Å²) in [4.78, 5) is 19.4. The van der Waals surface area contributed by atoms with Gasteiger partial charge in [0.15, 0.2) is 17.5 Å². The van der Waals surface area contributed by atoms with Crippen molar-refractivity contribution in [3.63, 3.8) is 0 Å². The van der Waals surface area contributed by atoms with Crippen LogP contribution in [0.15, 0.2) is 182 Å². The van der Waals surface area contributed by atoms with Gasteiger partial charge in [0.1, 0.15) is 0 Å². The second-order valence-corrected chi connectivity index (χ2v) is 13.4. The molecule has 4 nitrogen and oxygen atoms in total. The molecule has 7 aromatic carbocycles. The molecule has 4 heteroatoms. The summed E-state index contributed by atoms with van der Waals surface area (Å²) in [6.07, 6.45) is 2.79. The molecule has 1 aliphatic rings. The highest BCUT2D eigenvalue weighted by Crippen LogP contribution is 2.48. The minimum absolute atomic E-state index is 0.646.